The molecule has 1 aliphatic rings. The zero-order valence-corrected chi connectivity index (χ0v) is 13.5. The summed E-state index contributed by atoms with van der Waals surface area (Å²) in [6, 6.07) is 5.70. The minimum absolute atomic E-state index is 0.0480. The summed E-state index contributed by atoms with van der Waals surface area (Å²) in [5.74, 6) is 1.10. The van der Waals surface area contributed by atoms with Crippen LogP contribution in [0.25, 0.3) is 0 Å². The molecule has 1 saturated heterocycles. The standard InChI is InChI=1S/C15H18ClN3OS/c1-10-17-13(8-15(20)18-10)11-4-6-19(7-5-11)9-12-2-3-14(16)21-12/h2-3,8,11H,4-7,9H2,1H3,(H,17,18,20). The van der Waals surface area contributed by atoms with Crippen molar-refractivity contribution in [2.75, 3.05) is 13.1 Å². The lowest BCUT2D eigenvalue weighted by Crippen LogP contribution is -2.32. The van der Waals surface area contributed by atoms with Crippen LogP contribution in [0, 0.1) is 6.92 Å². The molecule has 0 unspecified atom stereocenters. The second kappa shape index (κ2) is 6.30. The lowest BCUT2D eigenvalue weighted by Gasteiger charge is -2.31. The molecular weight excluding hydrogens is 306 g/mol. The predicted molar refractivity (Wildman–Crippen MR) is 86.2 cm³/mol. The Bertz CT molecular complexity index is 674. The molecule has 0 aromatic carbocycles. The van der Waals surface area contributed by atoms with Gasteiger partial charge in [0.2, 0.25) is 0 Å². The highest BCUT2D eigenvalue weighted by Gasteiger charge is 2.22. The van der Waals surface area contributed by atoms with Crippen LogP contribution in [0.3, 0.4) is 0 Å². The molecule has 2 aromatic rings. The quantitative estimate of drug-likeness (QED) is 0.943. The average Bonchev–Trinajstić information content (AvgIpc) is 2.84. The van der Waals surface area contributed by atoms with Crippen molar-refractivity contribution in [3.63, 3.8) is 0 Å². The van der Waals surface area contributed by atoms with Gasteiger partial charge in [-0.1, -0.05) is 11.6 Å². The molecule has 112 valence electrons. The first-order valence-electron chi connectivity index (χ1n) is 7.14. The van der Waals surface area contributed by atoms with E-state index < -0.39 is 0 Å². The van der Waals surface area contributed by atoms with Crippen molar-refractivity contribution in [2.45, 2.75) is 32.2 Å². The highest BCUT2D eigenvalue weighted by molar-refractivity contribution is 7.16. The summed E-state index contributed by atoms with van der Waals surface area (Å²) in [7, 11) is 0. The van der Waals surface area contributed by atoms with Crippen molar-refractivity contribution in [2.24, 2.45) is 0 Å². The molecule has 0 saturated carbocycles. The maximum absolute atomic E-state index is 11.5. The fraction of sp³-hybridized carbons (Fsp3) is 0.467. The molecule has 6 heteroatoms. The van der Waals surface area contributed by atoms with Crippen molar-refractivity contribution in [1.29, 1.82) is 0 Å². The van der Waals surface area contributed by atoms with Crippen LogP contribution in [0.1, 0.15) is 35.2 Å². The third-order valence-electron chi connectivity index (χ3n) is 3.89. The molecular formula is C15H18ClN3OS. The molecule has 0 atom stereocenters. The Balaban J connectivity index is 1.61. The molecule has 1 N–H and O–H groups in total. The highest BCUT2D eigenvalue weighted by atomic mass is 35.5. The van der Waals surface area contributed by atoms with Gasteiger partial charge in [-0.3, -0.25) is 9.69 Å². The summed E-state index contributed by atoms with van der Waals surface area (Å²) in [5, 5.41) is 0. The van der Waals surface area contributed by atoms with E-state index in [-0.39, 0.29) is 5.56 Å². The number of likely N-dealkylation sites (tertiary alicyclic amines) is 1. The topological polar surface area (TPSA) is 49.0 Å². The summed E-state index contributed by atoms with van der Waals surface area (Å²) in [4.78, 5) is 22.5. The van der Waals surface area contributed by atoms with Gasteiger partial charge in [-0.25, -0.2) is 4.98 Å². The summed E-state index contributed by atoms with van der Waals surface area (Å²) in [6.07, 6.45) is 2.10. The van der Waals surface area contributed by atoms with Gasteiger partial charge >= 0.3 is 0 Å². The molecule has 1 aliphatic heterocycles. The first kappa shape index (κ1) is 14.8. The normalized spacial score (nSPS) is 17.2. The van der Waals surface area contributed by atoms with Crippen LogP contribution in [0.5, 0.6) is 0 Å². The number of aromatic nitrogens is 2. The smallest absolute Gasteiger partial charge is 0.251 e. The Labute approximate surface area is 132 Å². The summed E-state index contributed by atoms with van der Waals surface area (Å²) in [6.45, 7) is 4.87. The van der Waals surface area contributed by atoms with Gasteiger partial charge in [-0.05, 0) is 45.0 Å². The zero-order chi connectivity index (χ0) is 14.8. The Morgan fingerprint density at radius 3 is 2.81 bits per heavy atom. The van der Waals surface area contributed by atoms with Crippen molar-refractivity contribution < 1.29 is 0 Å². The van der Waals surface area contributed by atoms with E-state index in [1.807, 2.05) is 13.0 Å². The first-order chi connectivity index (χ1) is 10.1. The van der Waals surface area contributed by atoms with Gasteiger partial charge in [-0.15, -0.1) is 11.3 Å². The number of hydrogen-bond donors (Lipinski definition) is 1. The van der Waals surface area contributed by atoms with Gasteiger partial charge < -0.3 is 4.98 Å². The molecule has 3 rings (SSSR count). The van der Waals surface area contributed by atoms with E-state index in [0.29, 0.717) is 11.7 Å². The maximum atomic E-state index is 11.5. The van der Waals surface area contributed by atoms with Gasteiger partial charge in [0.25, 0.3) is 5.56 Å². The number of aryl methyl sites for hydroxylation is 1. The Morgan fingerprint density at radius 1 is 1.43 bits per heavy atom. The highest BCUT2D eigenvalue weighted by Crippen LogP contribution is 2.28. The fourth-order valence-corrected chi connectivity index (χ4v) is 3.99. The van der Waals surface area contributed by atoms with Crippen LogP contribution in [0.15, 0.2) is 23.0 Å². The number of thiophene rings is 1. The largest absolute Gasteiger partial charge is 0.311 e. The Kier molecular flexibility index (Phi) is 4.42. The van der Waals surface area contributed by atoms with Crippen LogP contribution in [0.4, 0.5) is 0 Å². The Morgan fingerprint density at radius 2 is 2.19 bits per heavy atom. The third-order valence-corrected chi connectivity index (χ3v) is 5.11. The average molecular weight is 324 g/mol. The molecule has 2 aromatic heterocycles. The molecule has 0 spiro atoms. The van der Waals surface area contributed by atoms with Gasteiger partial charge in [0.15, 0.2) is 0 Å². The van der Waals surface area contributed by atoms with E-state index in [1.54, 1.807) is 17.4 Å². The number of rotatable bonds is 3. The van der Waals surface area contributed by atoms with Crippen LogP contribution in [-0.4, -0.2) is 28.0 Å². The van der Waals surface area contributed by atoms with Gasteiger partial charge in [-0.2, -0.15) is 0 Å². The molecule has 4 nitrogen and oxygen atoms in total. The van der Waals surface area contributed by atoms with Gasteiger partial charge in [0.05, 0.1) is 10.0 Å². The van der Waals surface area contributed by atoms with Crippen LogP contribution in [0.2, 0.25) is 4.34 Å². The zero-order valence-electron chi connectivity index (χ0n) is 11.9. The maximum Gasteiger partial charge on any atom is 0.251 e. The number of hydrogen-bond acceptors (Lipinski definition) is 4. The monoisotopic (exact) mass is 323 g/mol. The molecule has 0 bridgehead atoms. The third kappa shape index (κ3) is 3.73. The number of nitrogens with zero attached hydrogens (tertiary/aromatic N) is 2. The minimum Gasteiger partial charge on any atom is -0.311 e. The molecule has 0 amide bonds. The predicted octanol–water partition coefficient (Wildman–Crippen LogP) is 3.17. The van der Waals surface area contributed by atoms with Crippen LogP contribution in [-0.2, 0) is 6.54 Å². The molecule has 1 fully saturated rings. The molecule has 21 heavy (non-hydrogen) atoms. The molecule has 0 aliphatic carbocycles. The second-order valence-electron chi connectivity index (χ2n) is 5.51. The van der Waals surface area contributed by atoms with Crippen LogP contribution >= 0.6 is 22.9 Å². The summed E-state index contributed by atoms with van der Waals surface area (Å²) >= 11 is 7.62. The first-order valence-corrected chi connectivity index (χ1v) is 8.34. The van der Waals surface area contributed by atoms with E-state index in [0.717, 1.165) is 42.5 Å². The van der Waals surface area contributed by atoms with Crippen LogP contribution < -0.4 is 5.56 Å². The van der Waals surface area contributed by atoms with E-state index >= 15 is 0 Å². The number of nitrogens with one attached hydrogen (secondary N) is 1. The number of piperidine rings is 1. The fourth-order valence-electron chi connectivity index (χ4n) is 2.86. The summed E-state index contributed by atoms with van der Waals surface area (Å²) in [5.41, 5.74) is 0.892. The molecule has 0 radical (unpaired) electrons. The Hall–Kier alpha value is -1.17. The van der Waals surface area contributed by atoms with Crippen molar-refractivity contribution in [3.05, 3.63) is 49.3 Å². The van der Waals surface area contributed by atoms with E-state index in [2.05, 4.69) is 20.9 Å². The number of aromatic amines is 1. The minimum atomic E-state index is -0.0480. The lowest BCUT2D eigenvalue weighted by atomic mass is 9.93. The van der Waals surface area contributed by atoms with Crippen molar-refractivity contribution in [3.8, 4) is 0 Å². The van der Waals surface area contributed by atoms with E-state index in [1.165, 1.54) is 4.88 Å². The van der Waals surface area contributed by atoms with E-state index in [4.69, 9.17) is 11.6 Å². The van der Waals surface area contributed by atoms with Crippen molar-refractivity contribution in [1.82, 2.24) is 14.9 Å². The van der Waals surface area contributed by atoms with Crippen molar-refractivity contribution >= 4 is 22.9 Å². The van der Waals surface area contributed by atoms with Gasteiger partial charge in [0.1, 0.15) is 5.82 Å². The number of H-pyrrole nitrogens is 1. The van der Waals surface area contributed by atoms with E-state index in [9.17, 15) is 4.79 Å². The second-order valence-corrected chi connectivity index (χ2v) is 7.31. The SMILES string of the molecule is Cc1nc(C2CCN(Cc3ccc(Cl)s3)CC2)cc(=O)[nH]1. The summed E-state index contributed by atoms with van der Waals surface area (Å²) < 4.78 is 0.850. The number of halogens is 1. The van der Waals surface area contributed by atoms with Gasteiger partial charge in [0, 0.05) is 23.4 Å². The lowest BCUT2D eigenvalue weighted by molar-refractivity contribution is 0.204. The molecule has 3 heterocycles.